The molecule has 418 valence electrons. The van der Waals surface area contributed by atoms with Gasteiger partial charge in [-0.25, -0.2) is 0 Å². The summed E-state index contributed by atoms with van der Waals surface area (Å²) >= 11 is 0. The third-order valence-corrected chi connectivity index (χ3v) is 19.8. The van der Waals surface area contributed by atoms with Crippen LogP contribution in [-0.4, -0.2) is 229 Å². The minimum absolute atomic E-state index is 0.0914. The van der Waals surface area contributed by atoms with Crippen molar-refractivity contribution >= 4 is 0 Å². The number of fused-ring (bicyclic) bond motifs is 7. The Morgan fingerprint density at radius 1 is 0.575 bits per heavy atom. The average Bonchev–Trinajstić information content (AvgIpc) is 3.82. The third kappa shape index (κ3) is 9.42. The first-order valence-electron chi connectivity index (χ1n) is 26.9. The molecular formula is C51H82O22. The zero-order chi connectivity index (χ0) is 52.2. The molecule has 0 radical (unpaired) electrons. The minimum atomic E-state index is -2.00. The Balaban J connectivity index is 0.857. The van der Waals surface area contributed by atoms with Crippen LogP contribution in [0.25, 0.3) is 0 Å². The highest BCUT2D eigenvalue weighted by Crippen LogP contribution is 2.71. The molecule has 6 saturated heterocycles. The molecular weight excluding hydrogens is 965 g/mol. The lowest BCUT2D eigenvalue weighted by Gasteiger charge is -2.59. The molecule has 22 heteroatoms. The SMILES string of the molecule is CC1O[C@@H](OC2[C@H](O[C@H]3CC[C@@]4(C)C(=CC[C@H]5[C@@H]6C[C@@H]7O[C@]8(CC[C@@H](C)CO8)[C@@H](C)[C@@H]7[C@@]6(C)CC[C@@H]54)C3)OC(CO)[C@@H](O[C@@H]3OC(CO)[C@@H](O)[C@H](O[C@@H]4OC(CO)[C@@H](O)[C@H](O)C4O)C3O)[C@@H]2O)[C@@H](O)C(O)[C@H]1O. The van der Waals surface area contributed by atoms with E-state index in [1.165, 1.54) is 12.5 Å². The lowest BCUT2D eigenvalue weighted by atomic mass is 9.47. The number of aliphatic hydroxyl groups excluding tert-OH is 12. The van der Waals surface area contributed by atoms with Crippen LogP contribution in [-0.2, 0) is 47.4 Å². The fourth-order valence-corrected chi connectivity index (χ4v) is 15.5. The predicted molar refractivity (Wildman–Crippen MR) is 247 cm³/mol. The first kappa shape index (κ1) is 55.2. The summed E-state index contributed by atoms with van der Waals surface area (Å²) in [4.78, 5) is 0. The van der Waals surface area contributed by atoms with Crippen molar-refractivity contribution < 1.29 is 109 Å². The van der Waals surface area contributed by atoms with Gasteiger partial charge in [0.2, 0.25) is 0 Å². The highest BCUT2D eigenvalue weighted by Gasteiger charge is 2.69. The van der Waals surface area contributed by atoms with E-state index in [-0.39, 0.29) is 16.9 Å². The van der Waals surface area contributed by atoms with Gasteiger partial charge in [0, 0.05) is 12.3 Å². The second-order valence-corrected chi connectivity index (χ2v) is 23.9. The molecule has 0 amide bonds. The molecule has 3 saturated carbocycles. The maximum atomic E-state index is 12.3. The number of hydrogen-bond donors (Lipinski definition) is 12. The van der Waals surface area contributed by atoms with Crippen molar-refractivity contribution in [2.24, 2.45) is 46.3 Å². The first-order chi connectivity index (χ1) is 34.7. The number of hydrogen-bond acceptors (Lipinski definition) is 22. The maximum absolute atomic E-state index is 12.3. The Morgan fingerprint density at radius 3 is 1.86 bits per heavy atom. The molecule has 8 unspecified atom stereocenters. The zero-order valence-corrected chi connectivity index (χ0v) is 42.4. The van der Waals surface area contributed by atoms with E-state index in [2.05, 4.69) is 33.8 Å². The van der Waals surface area contributed by atoms with Crippen LogP contribution in [0.2, 0.25) is 0 Å². The van der Waals surface area contributed by atoms with Crippen LogP contribution in [0.1, 0.15) is 92.4 Å². The molecule has 73 heavy (non-hydrogen) atoms. The maximum Gasteiger partial charge on any atom is 0.187 e. The van der Waals surface area contributed by atoms with Crippen LogP contribution in [0.5, 0.6) is 0 Å². The third-order valence-electron chi connectivity index (χ3n) is 19.8. The van der Waals surface area contributed by atoms with Gasteiger partial charge in [0.1, 0.15) is 91.6 Å². The molecule has 22 nitrogen and oxygen atoms in total. The Kier molecular flexibility index (Phi) is 16.0. The molecule has 6 heterocycles. The van der Waals surface area contributed by atoms with Crippen molar-refractivity contribution in [3.63, 3.8) is 0 Å². The molecule has 10 aliphatic rings. The second-order valence-electron chi connectivity index (χ2n) is 23.9. The van der Waals surface area contributed by atoms with E-state index in [0.29, 0.717) is 48.3 Å². The van der Waals surface area contributed by atoms with Crippen molar-refractivity contribution in [2.45, 2.75) is 233 Å². The summed E-state index contributed by atoms with van der Waals surface area (Å²) in [7, 11) is 0. The summed E-state index contributed by atoms with van der Waals surface area (Å²) in [5.41, 5.74) is 1.35. The van der Waals surface area contributed by atoms with E-state index in [9.17, 15) is 61.3 Å². The summed E-state index contributed by atoms with van der Waals surface area (Å²) in [5.74, 6) is 2.32. The molecule has 31 atom stereocenters. The normalized spacial score (nSPS) is 57.1. The molecule has 1 spiro atoms. The van der Waals surface area contributed by atoms with Crippen LogP contribution < -0.4 is 0 Å². The van der Waals surface area contributed by atoms with Gasteiger partial charge in [0.05, 0.1) is 44.7 Å². The van der Waals surface area contributed by atoms with Gasteiger partial charge in [-0.3, -0.25) is 0 Å². The van der Waals surface area contributed by atoms with E-state index in [4.69, 9.17) is 47.4 Å². The minimum Gasteiger partial charge on any atom is -0.394 e. The van der Waals surface area contributed by atoms with E-state index < -0.39 is 155 Å². The van der Waals surface area contributed by atoms with E-state index in [1.54, 1.807) is 0 Å². The van der Waals surface area contributed by atoms with Crippen molar-refractivity contribution in [3.05, 3.63) is 11.6 Å². The highest BCUT2D eigenvalue weighted by molar-refractivity contribution is 5.26. The predicted octanol–water partition coefficient (Wildman–Crippen LogP) is -1.96. The lowest BCUT2D eigenvalue weighted by molar-refractivity contribution is -0.396. The molecule has 0 aromatic rings. The lowest BCUT2D eigenvalue weighted by Crippen LogP contribution is -2.68. The standard InChI is InChI=1S/C51H82O22/c1-20-8-13-51(64-19-20)21(2)32-28(73-51)15-27-25-7-6-23-14-24(9-11-49(23,4)26(25)10-12-50(27,32)5)66-48-44(72-45-38(60)36(58)33(55)22(3)65-45)40(62)42(31(18-54)69-48)70-47-41(63)43(35(57)30(17-53)68-47)71-46-39(61)37(59)34(56)29(16-52)67-46/h6,20-22,24-48,52-63H,7-19H2,1-5H3/t20-,21+,22?,24+,25-,26+,27+,28+,29?,30?,31?,32+,33+,34-,35-,36?,37+,38+,39?,40+,41?,42-,43+,44?,45+,46+,47+,48-,49+,50+,51-/m1/s1. The van der Waals surface area contributed by atoms with Gasteiger partial charge in [-0.05, 0) is 98.7 Å². The van der Waals surface area contributed by atoms with E-state index in [1.807, 2.05) is 0 Å². The smallest absolute Gasteiger partial charge is 0.187 e. The second kappa shape index (κ2) is 21.2. The largest absolute Gasteiger partial charge is 0.394 e. The molecule has 4 aliphatic carbocycles. The molecule has 0 bridgehead atoms. The molecule has 9 fully saturated rings. The van der Waals surface area contributed by atoms with Crippen molar-refractivity contribution in [2.75, 3.05) is 26.4 Å². The van der Waals surface area contributed by atoms with Gasteiger partial charge < -0.3 is 109 Å². The monoisotopic (exact) mass is 1050 g/mol. The summed E-state index contributed by atoms with van der Waals surface area (Å²) in [6.07, 6.45) is -23.0. The molecule has 12 N–H and O–H groups in total. The topological polar surface area (TPSA) is 335 Å². The van der Waals surface area contributed by atoms with E-state index >= 15 is 0 Å². The Bertz CT molecular complexity index is 1920. The van der Waals surface area contributed by atoms with Gasteiger partial charge in [0.25, 0.3) is 0 Å². The van der Waals surface area contributed by atoms with Gasteiger partial charge in [-0.1, -0.05) is 39.3 Å². The summed E-state index contributed by atoms with van der Waals surface area (Å²) in [5, 5.41) is 130. The number of ether oxygens (including phenoxy) is 10. The van der Waals surface area contributed by atoms with Crippen LogP contribution in [0, 0.1) is 46.3 Å². The van der Waals surface area contributed by atoms with Crippen LogP contribution in [0.3, 0.4) is 0 Å². The van der Waals surface area contributed by atoms with Gasteiger partial charge >= 0.3 is 0 Å². The first-order valence-corrected chi connectivity index (χ1v) is 26.9. The molecule has 0 aromatic carbocycles. The zero-order valence-electron chi connectivity index (χ0n) is 42.4. The van der Waals surface area contributed by atoms with Crippen molar-refractivity contribution in [1.82, 2.24) is 0 Å². The number of rotatable bonds is 11. The highest BCUT2D eigenvalue weighted by atomic mass is 16.8. The van der Waals surface area contributed by atoms with Gasteiger partial charge in [-0.15, -0.1) is 0 Å². The number of allylic oxidation sites excluding steroid dienone is 1. The summed E-state index contributed by atoms with van der Waals surface area (Å²) < 4.78 is 61.8. The van der Waals surface area contributed by atoms with Gasteiger partial charge in [0.15, 0.2) is 30.9 Å². The Morgan fingerprint density at radius 2 is 1.19 bits per heavy atom. The van der Waals surface area contributed by atoms with Crippen molar-refractivity contribution in [1.29, 1.82) is 0 Å². The molecule has 10 rings (SSSR count). The Hall–Kier alpha value is -1.14. The quantitative estimate of drug-likeness (QED) is 0.1000. The molecule has 6 aliphatic heterocycles. The van der Waals surface area contributed by atoms with Crippen LogP contribution in [0.4, 0.5) is 0 Å². The fourth-order valence-electron chi connectivity index (χ4n) is 15.5. The molecule has 0 aromatic heterocycles. The summed E-state index contributed by atoms with van der Waals surface area (Å²) in [6, 6.07) is 0. The van der Waals surface area contributed by atoms with Gasteiger partial charge in [-0.2, -0.15) is 0 Å². The number of aliphatic hydroxyl groups is 12. The van der Waals surface area contributed by atoms with Crippen molar-refractivity contribution in [3.8, 4) is 0 Å². The Labute approximate surface area is 425 Å². The van der Waals surface area contributed by atoms with E-state index in [0.717, 1.165) is 51.6 Å². The van der Waals surface area contributed by atoms with Crippen LogP contribution in [0.15, 0.2) is 11.6 Å². The summed E-state index contributed by atoms with van der Waals surface area (Å²) in [6.45, 7) is 9.28. The van der Waals surface area contributed by atoms with Crippen LogP contribution >= 0.6 is 0 Å². The fraction of sp³-hybridized carbons (Fsp3) is 0.961. The average molecular weight is 1050 g/mol.